The van der Waals surface area contributed by atoms with Crippen molar-refractivity contribution >= 4 is 5.91 Å². The summed E-state index contributed by atoms with van der Waals surface area (Å²) in [4.78, 5) is 12.0. The standard InChI is InChI=1S/C14H16F2N2O3/c1-3-4-10(8-17)18-13(19)9-5-6-11(20-2)12(7-9)21-14(15)16/h5-7,10,14H,3-4H2,1-2H3,(H,18,19)/t10-/m1/s1. The van der Waals surface area contributed by atoms with Gasteiger partial charge in [0.1, 0.15) is 6.04 Å². The molecule has 0 heterocycles. The first-order chi connectivity index (χ1) is 10.0. The highest BCUT2D eigenvalue weighted by molar-refractivity contribution is 5.95. The predicted molar refractivity (Wildman–Crippen MR) is 71.4 cm³/mol. The minimum absolute atomic E-state index is 0.0947. The smallest absolute Gasteiger partial charge is 0.387 e. The molecule has 1 aromatic carbocycles. The number of rotatable bonds is 7. The topological polar surface area (TPSA) is 71.4 Å². The normalized spacial score (nSPS) is 11.6. The van der Waals surface area contributed by atoms with Gasteiger partial charge < -0.3 is 14.8 Å². The zero-order valence-corrected chi connectivity index (χ0v) is 11.7. The molecule has 5 nitrogen and oxygen atoms in total. The van der Waals surface area contributed by atoms with Crippen LogP contribution in [-0.2, 0) is 0 Å². The van der Waals surface area contributed by atoms with E-state index in [1.807, 2.05) is 13.0 Å². The lowest BCUT2D eigenvalue weighted by Crippen LogP contribution is -2.33. The number of ether oxygens (including phenoxy) is 2. The first-order valence-corrected chi connectivity index (χ1v) is 6.35. The van der Waals surface area contributed by atoms with E-state index < -0.39 is 18.6 Å². The highest BCUT2D eigenvalue weighted by atomic mass is 19.3. The Morgan fingerprint density at radius 1 is 1.43 bits per heavy atom. The highest BCUT2D eigenvalue weighted by Crippen LogP contribution is 2.29. The summed E-state index contributed by atoms with van der Waals surface area (Å²) in [6, 6.07) is 5.26. The average Bonchev–Trinajstić information content (AvgIpc) is 2.45. The molecule has 0 radical (unpaired) electrons. The summed E-state index contributed by atoms with van der Waals surface area (Å²) in [5.41, 5.74) is 0.114. The van der Waals surface area contributed by atoms with Crippen molar-refractivity contribution in [2.24, 2.45) is 0 Å². The summed E-state index contributed by atoms with van der Waals surface area (Å²) in [6.45, 7) is -1.14. The minimum Gasteiger partial charge on any atom is -0.493 e. The quantitative estimate of drug-likeness (QED) is 0.840. The first-order valence-electron chi connectivity index (χ1n) is 6.35. The number of hydrogen-bond donors (Lipinski definition) is 1. The van der Waals surface area contributed by atoms with Crippen molar-refractivity contribution < 1.29 is 23.0 Å². The molecule has 0 aromatic heterocycles. The number of methoxy groups -OCH3 is 1. The van der Waals surface area contributed by atoms with Crippen LogP contribution in [0.2, 0.25) is 0 Å². The molecule has 0 saturated carbocycles. The molecule has 21 heavy (non-hydrogen) atoms. The van der Waals surface area contributed by atoms with Crippen molar-refractivity contribution in [3.8, 4) is 17.6 Å². The number of hydrogen-bond acceptors (Lipinski definition) is 4. The van der Waals surface area contributed by atoms with E-state index in [2.05, 4.69) is 10.1 Å². The van der Waals surface area contributed by atoms with Crippen molar-refractivity contribution in [2.45, 2.75) is 32.4 Å². The Hall–Kier alpha value is -2.36. The Morgan fingerprint density at radius 3 is 2.67 bits per heavy atom. The van der Waals surface area contributed by atoms with Gasteiger partial charge in [-0.05, 0) is 24.6 Å². The number of nitrogens with zero attached hydrogens (tertiary/aromatic N) is 1. The molecule has 1 amide bonds. The van der Waals surface area contributed by atoms with Crippen LogP contribution in [0.5, 0.6) is 11.5 Å². The number of nitriles is 1. The second-order valence-corrected chi connectivity index (χ2v) is 4.19. The van der Waals surface area contributed by atoms with Gasteiger partial charge in [-0.1, -0.05) is 13.3 Å². The second-order valence-electron chi connectivity index (χ2n) is 4.19. The first kappa shape index (κ1) is 16.7. The number of nitrogens with one attached hydrogen (secondary N) is 1. The summed E-state index contributed by atoms with van der Waals surface area (Å²) in [5, 5.41) is 11.4. The highest BCUT2D eigenvalue weighted by Gasteiger charge is 2.16. The molecule has 0 aliphatic heterocycles. The molecule has 0 spiro atoms. The van der Waals surface area contributed by atoms with Crippen molar-refractivity contribution in [1.29, 1.82) is 5.26 Å². The monoisotopic (exact) mass is 298 g/mol. The number of amides is 1. The second kappa shape index (κ2) is 8.04. The number of carbonyl (C=O) groups is 1. The summed E-state index contributed by atoms with van der Waals surface area (Å²) in [6.07, 6.45) is 1.25. The van der Waals surface area contributed by atoms with E-state index in [1.54, 1.807) is 0 Å². The largest absolute Gasteiger partial charge is 0.493 e. The lowest BCUT2D eigenvalue weighted by molar-refractivity contribution is -0.0512. The lowest BCUT2D eigenvalue weighted by Gasteiger charge is -2.13. The van der Waals surface area contributed by atoms with Gasteiger partial charge in [0.2, 0.25) is 0 Å². The van der Waals surface area contributed by atoms with Gasteiger partial charge in [0.05, 0.1) is 13.2 Å². The van der Waals surface area contributed by atoms with Crippen molar-refractivity contribution in [2.75, 3.05) is 7.11 Å². The van der Waals surface area contributed by atoms with E-state index in [0.717, 1.165) is 12.5 Å². The molecular formula is C14H16F2N2O3. The summed E-state index contributed by atoms with van der Waals surface area (Å²) in [5.74, 6) is -0.668. The van der Waals surface area contributed by atoms with Crippen LogP contribution in [0.1, 0.15) is 30.1 Å². The number of carbonyl (C=O) groups excluding carboxylic acids is 1. The van der Waals surface area contributed by atoms with E-state index in [-0.39, 0.29) is 17.1 Å². The molecular weight excluding hydrogens is 282 g/mol. The molecule has 0 saturated heterocycles. The molecule has 0 bridgehead atoms. The van der Waals surface area contributed by atoms with Gasteiger partial charge in [-0.2, -0.15) is 14.0 Å². The maximum absolute atomic E-state index is 12.3. The molecule has 1 rings (SSSR count). The van der Waals surface area contributed by atoms with Crippen LogP contribution in [0.15, 0.2) is 18.2 Å². The van der Waals surface area contributed by atoms with Gasteiger partial charge in [0.15, 0.2) is 11.5 Å². The van der Waals surface area contributed by atoms with Gasteiger partial charge in [0, 0.05) is 5.56 Å². The lowest BCUT2D eigenvalue weighted by atomic mass is 10.1. The molecule has 1 atom stereocenters. The fourth-order valence-electron chi connectivity index (χ4n) is 1.71. The van der Waals surface area contributed by atoms with Crippen LogP contribution in [0, 0.1) is 11.3 Å². The van der Waals surface area contributed by atoms with Gasteiger partial charge in [0.25, 0.3) is 5.91 Å². The fraction of sp³-hybridized carbons (Fsp3) is 0.429. The predicted octanol–water partition coefficient (Wildman–Crippen LogP) is 2.72. The molecule has 0 aliphatic rings. The fourth-order valence-corrected chi connectivity index (χ4v) is 1.71. The summed E-state index contributed by atoms with van der Waals surface area (Å²) in [7, 11) is 1.31. The molecule has 114 valence electrons. The third-order valence-electron chi connectivity index (χ3n) is 2.68. The van der Waals surface area contributed by atoms with Crippen LogP contribution < -0.4 is 14.8 Å². The third-order valence-corrected chi connectivity index (χ3v) is 2.68. The van der Waals surface area contributed by atoms with Crippen LogP contribution >= 0.6 is 0 Å². The molecule has 1 aromatic rings. The average molecular weight is 298 g/mol. The van der Waals surface area contributed by atoms with Crippen LogP contribution in [0.3, 0.4) is 0 Å². The van der Waals surface area contributed by atoms with Gasteiger partial charge in [-0.15, -0.1) is 0 Å². The van der Waals surface area contributed by atoms with E-state index in [1.165, 1.54) is 19.2 Å². The van der Waals surface area contributed by atoms with Crippen molar-refractivity contribution in [1.82, 2.24) is 5.32 Å². The van der Waals surface area contributed by atoms with E-state index in [4.69, 9.17) is 10.00 Å². The van der Waals surface area contributed by atoms with Crippen molar-refractivity contribution in [3.63, 3.8) is 0 Å². The minimum atomic E-state index is -3.02. The molecule has 0 aliphatic carbocycles. The zero-order chi connectivity index (χ0) is 15.8. The number of alkyl halides is 2. The van der Waals surface area contributed by atoms with Gasteiger partial charge in [-0.25, -0.2) is 0 Å². The van der Waals surface area contributed by atoms with E-state index in [9.17, 15) is 13.6 Å². The summed E-state index contributed by atoms with van der Waals surface area (Å²) < 4.78 is 33.8. The van der Waals surface area contributed by atoms with Gasteiger partial charge >= 0.3 is 6.61 Å². The molecule has 7 heteroatoms. The van der Waals surface area contributed by atoms with Crippen LogP contribution in [0.25, 0.3) is 0 Å². The van der Waals surface area contributed by atoms with E-state index >= 15 is 0 Å². The maximum Gasteiger partial charge on any atom is 0.387 e. The Balaban J connectivity index is 2.92. The molecule has 0 unspecified atom stereocenters. The van der Waals surface area contributed by atoms with Gasteiger partial charge in [-0.3, -0.25) is 4.79 Å². The zero-order valence-electron chi connectivity index (χ0n) is 11.7. The van der Waals surface area contributed by atoms with Crippen molar-refractivity contribution in [3.05, 3.63) is 23.8 Å². The SMILES string of the molecule is CCC[C@H](C#N)NC(=O)c1ccc(OC)c(OC(F)F)c1. The Morgan fingerprint density at radius 2 is 2.14 bits per heavy atom. The molecule has 1 N–H and O–H groups in total. The number of halogens is 2. The third kappa shape index (κ3) is 4.91. The van der Waals surface area contributed by atoms with E-state index in [0.29, 0.717) is 6.42 Å². The Bertz CT molecular complexity index is 529. The van der Waals surface area contributed by atoms with Crippen LogP contribution in [-0.4, -0.2) is 25.7 Å². The molecule has 0 fully saturated rings. The number of benzene rings is 1. The Kier molecular flexibility index (Phi) is 6.40. The Labute approximate surface area is 121 Å². The maximum atomic E-state index is 12.3. The van der Waals surface area contributed by atoms with Crippen LogP contribution in [0.4, 0.5) is 8.78 Å². The summed E-state index contributed by atoms with van der Waals surface area (Å²) >= 11 is 0.